The van der Waals surface area contributed by atoms with Crippen LogP contribution < -0.4 is 4.90 Å². The van der Waals surface area contributed by atoms with E-state index in [0.717, 1.165) is 6.07 Å². The third kappa shape index (κ3) is 3.95. The number of carbonyl (C=O) groups is 2. The van der Waals surface area contributed by atoms with Crippen LogP contribution >= 0.6 is 11.6 Å². The first-order chi connectivity index (χ1) is 13.2. The predicted molar refractivity (Wildman–Crippen MR) is 102 cm³/mol. The average molecular weight is 599 g/mol. The molecule has 0 N–H and O–H groups in total. The third-order valence-corrected chi connectivity index (χ3v) is 5.65. The van der Waals surface area contributed by atoms with Crippen molar-refractivity contribution in [2.45, 2.75) is 18.9 Å². The second kappa shape index (κ2) is 8.24. The number of ether oxygens (including phenoxy) is 1. The molecule has 0 spiro atoms. The van der Waals surface area contributed by atoms with E-state index in [-0.39, 0.29) is 28.6 Å². The fourth-order valence-electron chi connectivity index (χ4n) is 3.03. The molecule has 9 heteroatoms. The van der Waals surface area contributed by atoms with Gasteiger partial charge in [-0.1, -0.05) is 0 Å². The third-order valence-electron chi connectivity index (χ3n) is 4.37. The first-order valence-electron chi connectivity index (χ1n) is 8.20. The van der Waals surface area contributed by atoms with E-state index in [4.69, 9.17) is 16.3 Å². The normalized spacial score (nSPS) is 16.4. The number of amides is 1. The van der Waals surface area contributed by atoms with Gasteiger partial charge in [0.2, 0.25) is 0 Å². The Kier molecular flexibility index (Phi) is 6.13. The van der Waals surface area contributed by atoms with E-state index in [9.17, 15) is 18.4 Å². The summed E-state index contributed by atoms with van der Waals surface area (Å²) < 4.78 is 33.4. The van der Waals surface area contributed by atoms with E-state index in [1.807, 2.05) is 0 Å². The Hall–Kier alpha value is -1.88. The molecule has 5 nitrogen and oxygen atoms in total. The van der Waals surface area contributed by atoms with Gasteiger partial charge >= 0.3 is 182 Å². The van der Waals surface area contributed by atoms with Crippen LogP contribution in [-0.2, 0) is 14.3 Å². The average Bonchev–Trinajstić information content (AvgIpc) is 3.05. The van der Waals surface area contributed by atoms with Gasteiger partial charge in [0.25, 0.3) is 0 Å². The number of aromatic nitrogens is 1. The predicted octanol–water partition coefficient (Wildman–Crippen LogP) is 3.49. The molecular formula is C19H14ClF2N2O3Pb. The number of rotatable bonds is 4. The molecule has 1 amide bonds. The Morgan fingerprint density at radius 1 is 1.32 bits per heavy atom. The molecule has 1 aliphatic rings. The van der Waals surface area contributed by atoms with Gasteiger partial charge in [0.15, 0.2) is 0 Å². The summed E-state index contributed by atoms with van der Waals surface area (Å²) in [7, 11) is 1.25. The van der Waals surface area contributed by atoms with Crippen molar-refractivity contribution >= 4 is 58.1 Å². The van der Waals surface area contributed by atoms with E-state index in [1.165, 1.54) is 18.1 Å². The summed E-state index contributed by atoms with van der Waals surface area (Å²) in [5, 5.41) is -0.250. The number of carbonyl (C=O) groups excluding carboxylic acids is 2. The van der Waals surface area contributed by atoms with E-state index in [0.29, 0.717) is 52.8 Å². The fourth-order valence-corrected chi connectivity index (χ4v) is 3.69. The number of nitrogens with zero attached hydrogens (tertiary/aromatic N) is 2. The van der Waals surface area contributed by atoms with E-state index in [1.54, 1.807) is 6.07 Å². The summed E-state index contributed by atoms with van der Waals surface area (Å²) in [6.07, 6.45) is 0.502. The van der Waals surface area contributed by atoms with E-state index in [2.05, 4.69) is 11.6 Å². The maximum absolute atomic E-state index is 14.4. The SMILES string of the molecule is C=[C]([Pb])c1cc(N2C(=O)CCC2C(=O)OC)cc(-c2cc(Cl)c(F)cc2F)n1. The van der Waals surface area contributed by atoms with Gasteiger partial charge in [-0.2, -0.15) is 0 Å². The molecule has 3 rings (SSSR count). The molecule has 3 radical (unpaired) electrons. The molecule has 1 aromatic carbocycles. The van der Waals surface area contributed by atoms with Crippen molar-refractivity contribution in [1.82, 2.24) is 4.98 Å². The van der Waals surface area contributed by atoms with Crippen LogP contribution in [0.3, 0.4) is 0 Å². The molecule has 1 fully saturated rings. The first kappa shape index (κ1) is 20.8. The summed E-state index contributed by atoms with van der Waals surface area (Å²) in [5.74, 6) is -2.51. The minimum atomic E-state index is -0.882. The van der Waals surface area contributed by atoms with Crippen molar-refractivity contribution in [2.75, 3.05) is 12.0 Å². The van der Waals surface area contributed by atoms with Gasteiger partial charge < -0.3 is 0 Å². The first-order valence-corrected chi connectivity index (χ1v) is 10.5. The zero-order valence-corrected chi connectivity index (χ0v) is 19.4. The second-order valence-electron chi connectivity index (χ2n) is 6.16. The fraction of sp³-hybridized carbons (Fsp3) is 0.211. The standard InChI is InChI=1S/C19H14ClF2N2O3.Pb/c1-3-10-6-11(24-17(19(26)27-2)4-5-18(24)25)7-16(23-10)12-8-13(20)15(22)9-14(12)21;/h6-9,17H,1,4-5H2,2H3;. The monoisotopic (exact) mass is 599 g/mol. The van der Waals surface area contributed by atoms with Crippen LogP contribution in [0.5, 0.6) is 0 Å². The minimum absolute atomic E-state index is 0.0151. The number of hydrogen-bond donors (Lipinski definition) is 0. The van der Waals surface area contributed by atoms with Gasteiger partial charge in [-0.3, -0.25) is 0 Å². The molecule has 2 aromatic rings. The molecular weight excluding hydrogens is 585 g/mol. The van der Waals surface area contributed by atoms with Crippen LogP contribution in [0.25, 0.3) is 14.4 Å². The Morgan fingerprint density at radius 2 is 2.04 bits per heavy atom. The summed E-state index contributed by atoms with van der Waals surface area (Å²) in [4.78, 5) is 30.2. The van der Waals surface area contributed by atoms with Gasteiger partial charge in [-0.25, -0.2) is 0 Å². The number of esters is 1. The van der Waals surface area contributed by atoms with Gasteiger partial charge in [0, 0.05) is 0 Å². The quantitative estimate of drug-likeness (QED) is 0.307. The molecule has 1 saturated heterocycles. The van der Waals surface area contributed by atoms with Crippen LogP contribution in [-0.4, -0.2) is 55.8 Å². The van der Waals surface area contributed by atoms with Gasteiger partial charge in [0.1, 0.15) is 0 Å². The summed E-state index contributed by atoms with van der Waals surface area (Å²) in [6, 6.07) is 4.15. The van der Waals surface area contributed by atoms with Crippen molar-refractivity contribution in [3.63, 3.8) is 0 Å². The maximum atomic E-state index is 14.4. The molecule has 1 unspecified atom stereocenters. The Bertz CT molecular complexity index is 999. The number of hydrogen-bond acceptors (Lipinski definition) is 4. The summed E-state index contributed by atoms with van der Waals surface area (Å²) in [6.45, 7) is 3.90. The van der Waals surface area contributed by atoms with Crippen LogP contribution in [0, 0.1) is 11.6 Å². The summed E-state index contributed by atoms with van der Waals surface area (Å²) in [5.41, 5.74) is 0.975. The van der Waals surface area contributed by atoms with Crippen molar-refractivity contribution in [3.8, 4) is 11.3 Å². The number of benzene rings is 1. The number of pyridine rings is 1. The van der Waals surface area contributed by atoms with E-state index < -0.39 is 23.6 Å². The number of methoxy groups -OCH3 is 1. The Labute approximate surface area is 181 Å². The van der Waals surface area contributed by atoms with Crippen molar-refractivity contribution in [1.29, 1.82) is 0 Å². The number of halogens is 3. The van der Waals surface area contributed by atoms with Crippen LogP contribution in [0.4, 0.5) is 14.5 Å². The van der Waals surface area contributed by atoms with Crippen LogP contribution in [0.1, 0.15) is 18.5 Å². The zero-order valence-electron chi connectivity index (χ0n) is 14.8. The van der Waals surface area contributed by atoms with Gasteiger partial charge in [0.05, 0.1) is 0 Å². The molecule has 1 aliphatic heterocycles. The number of anilines is 1. The molecule has 0 aliphatic carbocycles. The molecule has 1 atom stereocenters. The summed E-state index contributed by atoms with van der Waals surface area (Å²) >= 11 is 6.38. The molecule has 28 heavy (non-hydrogen) atoms. The topological polar surface area (TPSA) is 59.5 Å². The van der Waals surface area contributed by atoms with Gasteiger partial charge in [-0.15, -0.1) is 0 Å². The molecule has 143 valence electrons. The van der Waals surface area contributed by atoms with Crippen molar-refractivity contribution in [2.24, 2.45) is 0 Å². The van der Waals surface area contributed by atoms with Crippen molar-refractivity contribution < 1.29 is 23.1 Å². The van der Waals surface area contributed by atoms with E-state index >= 15 is 0 Å². The van der Waals surface area contributed by atoms with Gasteiger partial charge in [-0.05, 0) is 0 Å². The Morgan fingerprint density at radius 3 is 2.68 bits per heavy atom. The molecule has 0 saturated carbocycles. The molecule has 1 aromatic heterocycles. The zero-order chi connectivity index (χ0) is 20.6. The Balaban J connectivity index is 2.18. The van der Waals surface area contributed by atoms with Crippen molar-refractivity contribution in [3.05, 3.63) is 53.2 Å². The molecule has 0 bridgehead atoms. The second-order valence-corrected chi connectivity index (χ2v) is 8.92. The molecule has 2 heterocycles. The van der Waals surface area contributed by atoms with Crippen LogP contribution in [0.15, 0.2) is 30.8 Å². The van der Waals surface area contributed by atoms with Crippen LogP contribution in [0.2, 0.25) is 5.02 Å².